The minimum Gasteiger partial charge on any atom is -0.368 e. The molecule has 0 radical (unpaired) electrons. The van der Waals surface area contributed by atoms with E-state index >= 15 is 0 Å². The molecule has 2 aromatic rings. The molecule has 27 heavy (non-hydrogen) atoms. The molecule has 1 N–H and O–H groups in total. The summed E-state index contributed by atoms with van der Waals surface area (Å²) in [6.45, 7) is 7.60. The lowest BCUT2D eigenvalue weighted by molar-refractivity contribution is -0.136. The Labute approximate surface area is 161 Å². The molecule has 1 fully saturated rings. The van der Waals surface area contributed by atoms with E-state index in [1.54, 1.807) is 4.90 Å². The monoisotopic (exact) mass is 365 g/mol. The zero-order valence-electron chi connectivity index (χ0n) is 16.1. The Morgan fingerprint density at radius 1 is 0.926 bits per heavy atom. The zero-order valence-corrected chi connectivity index (χ0v) is 16.1. The van der Waals surface area contributed by atoms with E-state index in [0.29, 0.717) is 19.6 Å². The average Bonchev–Trinajstić information content (AvgIpc) is 2.69. The van der Waals surface area contributed by atoms with Crippen molar-refractivity contribution >= 4 is 17.5 Å². The number of carbonyl (C=O) groups is 2. The molecule has 1 heterocycles. The Morgan fingerprint density at radius 2 is 1.63 bits per heavy atom. The number of nitrogens with zero attached hydrogens (tertiary/aromatic N) is 2. The number of amides is 2. The van der Waals surface area contributed by atoms with Crippen molar-refractivity contribution < 1.29 is 9.59 Å². The first-order valence-corrected chi connectivity index (χ1v) is 9.44. The van der Waals surface area contributed by atoms with Crippen LogP contribution in [0.15, 0.2) is 48.5 Å². The third-order valence-electron chi connectivity index (χ3n) is 5.19. The van der Waals surface area contributed by atoms with Crippen LogP contribution >= 0.6 is 0 Å². The molecule has 0 atom stereocenters. The Morgan fingerprint density at radius 3 is 2.33 bits per heavy atom. The van der Waals surface area contributed by atoms with Gasteiger partial charge >= 0.3 is 0 Å². The molecule has 0 saturated carbocycles. The lowest BCUT2D eigenvalue weighted by atomic mass is 10.1. The molecule has 142 valence electrons. The van der Waals surface area contributed by atoms with Gasteiger partial charge in [-0.3, -0.25) is 9.59 Å². The van der Waals surface area contributed by atoms with Gasteiger partial charge in [-0.15, -0.1) is 0 Å². The highest BCUT2D eigenvalue weighted by atomic mass is 16.2. The van der Waals surface area contributed by atoms with Gasteiger partial charge in [0.05, 0.1) is 0 Å². The molecule has 0 unspecified atom stereocenters. The van der Waals surface area contributed by atoms with Crippen molar-refractivity contribution in [2.24, 2.45) is 0 Å². The van der Waals surface area contributed by atoms with Crippen molar-refractivity contribution in [3.8, 4) is 0 Å². The van der Waals surface area contributed by atoms with E-state index < -0.39 is 0 Å². The first-order valence-electron chi connectivity index (χ1n) is 9.44. The maximum atomic E-state index is 12.4. The van der Waals surface area contributed by atoms with Crippen LogP contribution in [0.3, 0.4) is 0 Å². The number of benzene rings is 2. The Kier molecular flexibility index (Phi) is 6.12. The van der Waals surface area contributed by atoms with Gasteiger partial charge in [-0.1, -0.05) is 42.5 Å². The largest absolute Gasteiger partial charge is 0.368 e. The van der Waals surface area contributed by atoms with E-state index in [1.165, 1.54) is 16.8 Å². The first-order chi connectivity index (χ1) is 13.0. The molecule has 5 nitrogen and oxygen atoms in total. The highest BCUT2D eigenvalue weighted by molar-refractivity contribution is 5.97. The number of aryl methyl sites for hydroxylation is 1. The van der Waals surface area contributed by atoms with E-state index in [2.05, 4.69) is 42.3 Å². The lowest BCUT2D eigenvalue weighted by Crippen LogP contribution is -2.49. The zero-order chi connectivity index (χ0) is 19.2. The molecule has 0 aliphatic carbocycles. The lowest BCUT2D eigenvalue weighted by Gasteiger charge is -2.37. The summed E-state index contributed by atoms with van der Waals surface area (Å²) in [5.74, 6) is -0.318. The van der Waals surface area contributed by atoms with Gasteiger partial charge in [0.1, 0.15) is 6.42 Å². The second-order valence-corrected chi connectivity index (χ2v) is 7.03. The van der Waals surface area contributed by atoms with Crippen LogP contribution in [0.4, 0.5) is 5.69 Å². The van der Waals surface area contributed by atoms with Gasteiger partial charge in [-0.05, 0) is 36.6 Å². The fourth-order valence-electron chi connectivity index (χ4n) is 3.38. The second-order valence-electron chi connectivity index (χ2n) is 7.03. The van der Waals surface area contributed by atoms with Crippen LogP contribution in [0.5, 0.6) is 0 Å². The quantitative estimate of drug-likeness (QED) is 0.829. The number of piperazine rings is 1. The smallest absolute Gasteiger partial charge is 0.232 e. The minimum atomic E-state index is -0.221. The summed E-state index contributed by atoms with van der Waals surface area (Å²) in [4.78, 5) is 28.6. The summed E-state index contributed by atoms with van der Waals surface area (Å²) in [5.41, 5.74) is 4.84. The average molecular weight is 365 g/mol. The summed E-state index contributed by atoms with van der Waals surface area (Å²) in [6, 6.07) is 16.0. The van der Waals surface area contributed by atoms with Crippen molar-refractivity contribution in [3.05, 3.63) is 65.2 Å². The van der Waals surface area contributed by atoms with Gasteiger partial charge in [0.2, 0.25) is 11.8 Å². The number of rotatable bonds is 5. The molecule has 2 amide bonds. The molecule has 1 aliphatic heterocycles. The summed E-state index contributed by atoms with van der Waals surface area (Å²) in [6.07, 6.45) is -0.0870. The van der Waals surface area contributed by atoms with Crippen LogP contribution in [-0.2, 0) is 16.1 Å². The summed E-state index contributed by atoms with van der Waals surface area (Å²) in [7, 11) is 0. The van der Waals surface area contributed by atoms with Crippen molar-refractivity contribution in [2.75, 3.05) is 31.1 Å². The molecule has 0 bridgehead atoms. The number of hydrogen-bond donors (Lipinski definition) is 1. The van der Waals surface area contributed by atoms with Crippen molar-refractivity contribution in [1.29, 1.82) is 0 Å². The predicted molar refractivity (Wildman–Crippen MR) is 108 cm³/mol. The van der Waals surface area contributed by atoms with Crippen LogP contribution < -0.4 is 10.2 Å². The Bertz CT molecular complexity index is 796. The van der Waals surface area contributed by atoms with Crippen molar-refractivity contribution in [3.63, 3.8) is 0 Å². The Balaban J connectivity index is 1.47. The van der Waals surface area contributed by atoms with E-state index in [-0.39, 0.29) is 18.2 Å². The van der Waals surface area contributed by atoms with Gasteiger partial charge in [-0.2, -0.15) is 0 Å². The summed E-state index contributed by atoms with van der Waals surface area (Å²) < 4.78 is 0. The van der Waals surface area contributed by atoms with Gasteiger partial charge in [0.25, 0.3) is 0 Å². The maximum absolute atomic E-state index is 12.4. The summed E-state index contributed by atoms with van der Waals surface area (Å²) >= 11 is 0. The van der Waals surface area contributed by atoms with Gasteiger partial charge in [-0.25, -0.2) is 0 Å². The molecule has 5 heteroatoms. The number of anilines is 1. The van der Waals surface area contributed by atoms with Gasteiger partial charge in [0.15, 0.2) is 0 Å². The number of nitrogens with one attached hydrogen (secondary N) is 1. The van der Waals surface area contributed by atoms with Crippen LogP contribution in [0.2, 0.25) is 0 Å². The second kappa shape index (κ2) is 8.71. The molecule has 1 aliphatic rings. The minimum absolute atomic E-state index is 0.0870. The van der Waals surface area contributed by atoms with Gasteiger partial charge < -0.3 is 15.1 Å². The van der Waals surface area contributed by atoms with E-state index in [1.807, 2.05) is 30.3 Å². The van der Waals surface area contributed by atoms with E-state index in [4.69, 9.17) is 0 Å². The highest BCUT2D eigenvalue weighted by Gasteiger charge is 2.23. The third-order valence-corrected chi connectivity index (χ3v) is 5.19. The standard InChI is InChI=1S/C22H27N3O2/c1-17-7-6-10-20(18(17)2)24-11-13-25(14-12-24)22(27)15-21(26)23-16-19-8-4-3-5-9-19/h3-10H,11-16H2,1-2H3,(H,23,26). The molecule has 3 rings (SSSR count). The van der Waals surface area contributed by atoms with Crippen LogP contribution in [0, 0.1) is 13.8 Å². The maximum Gasteiger partial charge on any atom is 0.232 e. The number of hydrogen-bond acceptors (Lipinski definition) is 3. The molecule has 0 spiro atoms. The first kappa shape index (κ1) is 19.0. The molecule has 1 saturated heterocycles. The molecule has 2 aromatic carbocycles. The van der Waals surface area contributed by atoms with Crippen molar-refractivity contribution in [1.82, 2.24) is 10.2 Å². The molecular weight excluding hydrogens is 338 g/mol. The van der Waals surface area contributed by atoms with E-state index in [0.717, 1.165) is 18.7 Å². The summed E-state index contributed by atoms with van der Waals surface area (Å²) in [5, 5.41) is 2.82. The fourth-order valence-corrected chi connectivity index (χ4v) is 3.38. The molecular formula is C22H27N3O2. The predicted octanol–water partition coefficient (Wildman–Crippen LogP) is 2.66. The number of carbonyl (C=O) groups excluding carboxylic acids is 2. The Hall–Kier alpha value is -2.82. The van der Waals surface area contributed by atoms with E-state index in [9.17, 15) is 9.59 Å². The van der Waals surface area contributed by atoms with Crippen molar-refractivity contribution in [2.45, 2.75) is 26.8 Å². The van der Waals surface area contributed by atoms with Crippen LogP contribution in [-0.4, -0.2) is 42.9 Å². The third kappa shape index (κ3) is 4.88. The normalized spacial score (nSPS) is 14.1. The molecule has 0 aromatic heterocycles. The SMILES string of the molecule is Cc1cccc(N2CCN(C(=O)CC(=O)NCc3ccccc3)CC2)c1C. The highest BCUT2D eigenvalue weighted by Crippen LogP contribution is 2.23. The fraction of sp³-hybridized carbons (Fsp3) is 0.364. The topological polar surface area (TPSA) is 52.7 Å². The van der Waals surface area contributed by atoms with Gasteiger partial charge in [0, 0.05) is 38.4 Å². The van der Waals surface area contributed by atoms with Crippen LogP contribution in [0.1, 0.15) is 23.1 Å². The van der Waals surface area contributed by atoms with Crippen LogP contribution in [0.25, 0.3) is 0 Å².